The van der Waals surface area contributed by atoms with Gasteiger partial charge in [-0.2, -0.15) is 0 Å². The Kier molecular flexibility index (Phi) is 5.26. The molecule has 1 atom stereocenters. The number of hydrogen-bond acceptors (Lipinski definition) is 3. The van der Waals surface area contributed by atoms with E-state index in [2.05, 4.69) is 31.1 Å². The van der Waals surface area contributed by atoms with Crippen LogP contribution < -0.4 is 5.32 Å². The standard InChI is InChI=1S/C13H22N2O/c1-10(2)7-11(3)16-9-12-5-6-13(14-4)15-8-12/h5-6,8,10-11H,7,9H2,1-4H3,(H,14,15). The maximum atomic E-state index is 5.75. The van der Waals surface area contributed by atoms with Crippen LogP contribution in [0.1, 0.15) is 32.8 Å². The number of hydrogen-bond donors (Lipinski definition) is 1. The van der Waals surface area contributed by atoms with Crippen molar-refractivity contribution in [3.05, 3.63) is 23.9 Å². The van der Waals surface area contributed by atoms with Gasteiger partial charge >= 0.3 is 0 Å². The third-order valence-corrected chi connectivity index (χ3v) is 2.42. The van der Waals surface area contributed by atoms with Gasteiger partial charge in [0.2, 0.25) is 0 Å². The van der Waals surface area contributed by atoms with E-state index in [1.165, 1.54) is 0 Å². The molecule has 1 heterocycles. The number of ether oxygens (including phenoxy) is 1. The third kappa shape index (κ3) is 4.62. The van der Waals surface area contributed by atoms with Crippen LogP contribution >= 0.6 is 0 Å². The zero-order valence-corrected chi connectivity index (χ0v) is 10.7. The van der Waals surface area contributed by atoms with Crippen LogP contribution in [0.5, 0.6) is 0 Å². The molecular weight excluding hydrogens is 200 g/mol. The summed E-state index contributed by atoms with van der Waals surface area (Å²) in [7, 11) is 1.86. The highest BCUT2D eigenvalue weighted by molar-refractivity contribution is 5.34. The van der Waals surface area contributed by atoms with Crippen LogP contribution in [0.3, 0.4) is 0 Å². The molecule has 0 bridgehead atoms. The largest absolute Gasteiger partial charge is 0.374 e. The molecule has 0 aliphatic carbocycles. The predicted molar refractivity (Wildman–Crippen MR) is 67.5 cm³/mol. The zero-order valence-electron chi connectivity index (χ0n) is 10.7. The Morgan fingerprint density at radius 2 is 2.06 bits per heavy atom. The van der Waals surface area contributed by atoms with E-state index in [0.29, 0.717) is 18.6 Å². The van der Waals surface area contributed by atoms with Gasteiger partial charge in [0.15, 0.2) is 0 Å². The smallest absolute Gasteiger partial charge is 0.125 e. The van der Waals surface area contributed by atoms with Gasteiger partial charge in [-0.1, -0.05) is 19.9 Å². The lowest BCUT2D eigenvalue weighted by Crippen LogP contribution is -2.11. The lowest BCUT2D eigenvalue weighted by atomic mass is 10.1. The fourth-order valence-corrected chi connectivity index (χ4v) is 1.63. The second-order valence-electron chi connectivity index (χ2n) is 4.55. The van der Waals surface area contributed by atoms with Gasteiger partial charge in [0.05, 0.1) is 12.7 Å². The number of nitrogens with zero attached hydrogens (tertiary/aromatic N) is 1. The summed E-state index contributed by atoms with van der Waals surface area (Å²) in [6.07, 6.45) is 3.26. The van der Waals surface area contributed by atoms with Crippen LogP contribution in [0.4, 0.5) is 5.82 Å². The zero-order chi connectivity index (χ0) is 12.0. The van der Waals surface area contributed by atoms with Crippen LogP contribution in [0.25, 0.3) is 0 Å². The average Bonchev–Trinajstić information content (AvgIpc) is 2.26. The molecule has 0 aliphatic heterocycles. The van der Waals surface area contributed by atoms with Gasteiger partial charge in [0.25, 0.3) is 0 Å². The van der Waals surface area contributed by atoms with Crippen LogP contribution in [0, 0.1) is 5.92 Å². The summed E-state index contributed by atoms with van der Waals surface area (Å²) in [5.74, 6) is 1.57. The maximum absolute atomic E-state index is 5.75. The lowest BCUT2D eigenvalue weighted by Gasteiger charge is -2.15. The van der Waals surface area contributed by atoms with Crippen LogP contribution in [0.2, 0.25) is 0 Å². The molecule has 0 aromatic carbocycles. The Hall–Kier alpha value is -1.09. The van der Waals surface area contributed by atoms with Crippen molar-refractivity contribution in [2.45, 2.75) is 39.9 Å². The summed E-state index contributed by atoms with van der Waals surface area (Å²) in [5, 5.41) is 2.99. The molecule has 3 nitrogen and oxygen atoms in total. The van der Waals surface area contributed by atoms with Gasteiger partial charge < -0.3 is 10.1 Å². The highest BCUT2D eigenvalue weighted by atomic mass is 16.5. The van der Waals surface area contributed by atoms with Gasteiger partial charge in [-0.05, 0) is 30.9 Å². The van der Waals surface area contributed by atoms with Gasteiger partial charge in [-0.25, -0.2) is 4.98 Å². The van der Waals surface area contributed by atoms with E-state index in [-0.39, 0.29) is 0 Å². The Balaban J connectivity index is 2.36. The normalized spacial score (nSPS) is 12.8. The molecule has 1 N–H and O–H groups in total. The molecule has 0 saturated heterocycles. The summed E-state index contributed by atoms with van der Waals surface area (Å²) in [5.41, 5.74) is 1.12. The molecule has 0 aliphatic rings. The van der Waals surface area contributed by atoms with Crippen LogP contribution in [-0.2, 0) is 11.3 Å². The number of anilines is 1. The molecule has 1 aromatic heterocycles. The number of pyridine rings is 1. The first-order chi connectivity index (χ1) is 7.61. The van der Waals surface area contributed by atoms with E-state index < -0.39 is 0 Å². The van der Waals surface area contributed by atoms with Crippen LogP contribution in [0.15, 0.2) is 18.3 Å². The predicted octanol–water partition coefficient (Wildman–Crippen LogP) is 3.07. The molecule has 3 heteroatoms. The van der Waals surface area contributed by atoms with Gasteiger partial charge in [0.1, 0.15) is 5.82 Å². The van der Waals surface area contributed by atoms with Crippen molar-refractivity contribution in [2.75, 3.05) is 12.4 Å². The van der Waals surface area contributed by atoms with Gasteiger partial charge in [-0.15, -0.1) is 0 Å². The molecule has 0 fully saturated rings. The highest BCUT2D eigenvalue weighted by Gasteiger charge is 2.05. The van der Waals surface area contributed by atoms with E-state index in [1.807, 2.05) is 25.4 Å². The fraction of sp³-hybridized carbons (Fsp3) is 0.615. The van der Waals surface area contributed by atoms with Crippen molar-refractivity contribution in [3.63, 3.8) is 0 Å². The summed E-state index contributed by atoms with van der Waals surface area (Å²) >= 11 is 0. The van der Waals surface area contributed by atoms with E-state index in [4.69, 9.17) is 4.74 Å². The van der Waals surface area contributed by atoms with Crippen molar-refractivity contribution in [3.8, 4) is 0 Å². The summed E-state index contributed by atoms with van der Waals surface area (Å²) in [6.45, 7) is 7.19. The van der Waals surface area contributed by atoms with E-state index >= 15 is 0 Å². The quantitative estimate of drug-likeness (QED) is 0.803. The minimum absolute atomic E-state index is 0.309. The van der Waals surface area contributed by atoms with E-state index in [1.54, 1.807) is 0 Å². The van der Waals surface area contributed by atoms with Crippen molar-refractivity contribution in [1.29, 1.82) is 0 Å². The molecule has 1 aromatic rings. The second kappa shape index (κ2) is 6.48. The molecule has 0 spiro atoms. The second-order valence-corrected chi connectivity index (χ2v) is 4.55. The Morgan fingerprint density at radius 1 is 1.31 bits per heavy atom. The maximum Gasteiger partial charge on any atom is 0.125 e. The van der Waals surface area contributed by atoms with Crippen molar-refractivity contribution in [2.24, 2.45) is 5.92 Å². The van der Waals surface area contributed by atoms with Crippen molar-refractivity contribution < 1.29 is 4.74 Å². The van der Waals surface area contributed by atoms with Crippen LogP contribution in [-0.4, -0.2) is 18.1 Å². The summed E-state index contributed by atoms with van der Waals surface area (Å²) in [6, 6.07) is 4.01. The monoisotopic (exact) mass is 222 g/mol. The minimum Gasteiger partial charge on any atom is -0.374 e. The number of rotatable bonds is 6. The number of aromatic nitrogens is 1. The molecule has 0 radical (unpaired) electrons. The summed E-state index contributed by atoms with van der Waals surface area (Å²) in [4.78, 5) is 4.24. The summed E-state index contributed by atoms with van der Waals surface area (Å²) < 4.78 is 5.75. The molecule has 1 rings (SSSR count). The topological polar surface area (TPSA) is 34.1 Å². The van der Waals surface area contributed by atoms with E-state index in [0.717, 1.165) is 17.8 Å². The third-order valence-electron chi connectivity index (χ3n) is 2.42. The molecule has 1 unspecified atom stereocenters. The van der Waals surface area contributed by atoms with Crippen molar-refractivity contribution in [1.82, 2.24) is 4.98 Å². The first-order valence-electron chi connectivity index (χ1n) is 5.86. The molecule has 0 saturated carbocycles. The molecule has 90 valence electrons. The fourth-order valence-electron chi connectivity index (χ4n) is 1.63. The SMILES string of the molecule is CNc1ccc(COC(C)CC(C)C)cn1. The van der Waals surface area contributed by atoms with E-state index in [9.17, 15) is 0 Å². The Bertz CT molecular complexity index is 295. The molecule has 16 heavy (non-hydrogen) atoms. The molecular formula is C13H22N2O. The van der Waals surface area contributed by atoms with Gasteiger partial charge in [0, 0.05) is 13.2 Å². The average molecular weight is 222 g/mol. The van der Waals surface area contributed by atoms with Gasteiger partial charge in [-0.3, -0.25) is 0 Å². The van der Waals surface area contributed by atoms with Crippen molar-refractivity contribution >= 4 is 5.82 Å². The lowest BCUT2D eigenvalue weighted by molar-refractivity contribution is 0.0396. The number of nitrogens with one attached hydrogen (secondary N) is 1. The molecule has 0 amide bonds. The Labute approximate surface area is 98.2 Å². The first-order valence-corrected chi connectivity index (χ1v) is 5.86. The Morgan fingerprint density at radius 3 is 2.56 bits per heavy atom. The first kappa shape index (κ1) is 13.0. The minimum atomic E-state index is 0.309. The highest BCUT2D eigenvalue weighted by Crippen LogP contribution is 2.11.